The molecule has 0 saturated heterocycles. The van der Waals surface area contributed by atoms with Gasteiger partial charge in [-0.15, -0.1) is 0 Å². The number of likely N-dealkylation sites (N-methyl/N-ethyl adjacent to an activating group) is 1. The van der Waals surface area contributed by atoms with Gasteiger partial charge in [0.1, 0.15) is 0 Å². The lowest BCUT2D eigenvalue weighted by Gasteiger charge is -2.32. The lowest BCUT2D eigenvalue weighted by molar-refractivity contribution is 0.190. The van der Waals surface area contributed by atoms with E-state index in [0.717, 1.165) is 12.5 Å². The van der Waals surface area contributed by atoms with E-state index in [2.05, 4.69) is 38.2 Å². The van der Waals surface area contributed by atoms with Crippen LogP contribution < -0.4 is 5.32 Å². The van der Waals surface area contributed by atoms with Crippen LogP contribution in [-0.4, -0.2) is 37.6 Å². The molecule has 1 aliphatic rings. The van der Waals surface area contributed by atoms with Crippen molar-refractivity contribution >= 4 is 0 Å². The van der Waals surface area contributed by atoms with Crippen LogP contribution in [0.25, 0.3) is 0 Å². The molecule has 0 aliphatic heterocycles. The molecule has 1 aliphatic carbocycles. The minimum atomic E-state index is 0.281. The fourth-order valence-corrected chi connectivity index (χ4v) is 1.27. The maximum Gasteiger partial charge on any atom is 0.0271 e. The summed E-state index contributed by atoms with van der Waals surface area (Å²) >= 11 is 0. The van der Waals surface area contributed by atoms with Crippen LogP contribution in [0.1, 0.15) is 33.1 Å². The average molecular weight is 184 g/mol. The van der Waals surface area contributed by atoms with Crippen molar-refractivity contribution in [2.45, 2.75) is 38.6 Å². The van der Waals surface area contributed by atoms with Crippen LogP contribution in [0.2, 0.25) is 0 Å². The van der Waals surface area contributed by atoms with Crippen molar-refractivity contribution in [1.82, 2.24) is 10.2 Å². The van der Waals surface area contributed by atoms with Crippen molar-refractivity contribution in [2.24, 2.45) is 5.92 Å². The van der Waals surface area contributed by atoms with Gasteiger partial charge in [-0.25, -0.2) is 0 Å². The number of hydrogen-bond donors (Lipinski definition) is 1. The molecule has 0 atom stereocenters. The lowest BCUT2D eigenvalue weighted by Crippen LogP contribution is -2.46. The zero-order chi connectivity index (χ0) is 9.90. The monoisotopic (exact) mass is 184 g/mol. The van der Waals surface area contributed by atoms with Gasteiger partial charge in [-0.1, -0.05) is 12.8 Å². The molecule has 1 N–H and O–H groups in total. The van der Waals surface area contributed by atoms with Crippen molar-refractivity contribution in [3.63, 3.8) is 0 Å². The minimum absolute atomic E-state index is 0.281. The smallest absolute Gasteiger partial charge is 0.0271 e. The quantitative estimate of drug-likeness (QED) is 0.632. The van der Waals surface area contributed by atoms with E-state index in [0.29, 0.717) is 0 Å². The summed E-state index contributed by atoms with van der Waals surface area (Å²) in [5.74, 6) is 1.05. The van der Waals surface area contributed by atoms with Gasteiger partial charge < -0.3 is 10.2 Å². The Morgan fingerprint density at radius 2 is 1.92 bits per heavy atom. The summed E-state index contributed by atoms with van der Waals surface area (Å²) in [7, 11) is 4.28. The largest absolute Gasteiger partial charge is 0.315 e. The molecule has 78 valence electrons. The summed E-state index contributed by atoms with van der Waals surface area (Å²) < 4.78 is 0. The van der Waals surface area contributed by atoms with Gasteiger partial charge in [0.05, 0.1) is 0 Å². The van der Waals surface area contributed by atoms with Crippen LogP contribution >= 0.6 is 0 Å². The van der Waals surface area contributed by atoms with Crippen molar-refractivity contribution < 1.29 is 0 Å². The third kappa shape index (κ3) is 4.10. The van der Waals surface area contributed by atoms with Gasteiger partial charge in [-0.05, 0) is 46.8 Å². The average Bonchev–Trinajstić information content (AvgIpc) is 2.81. The van der Waals surface area contributed by atoms with E-state index in [4.69, 9.17) is 0 Å². The predicted octanol–water partition coefficient (Wildman–Crippen LogP) is 1.72. The maximum atomic E-state index is 3.54. The molecule has 13 heavy (non-hydrogen) atoms. The predicted molar refractivity (Wildman–Crippen MR) is 58.0 cm³/mol. The molecule has 2 heteroatoms. The molecule has 1 saturated carbocycles. The first-order chi connectivity index (χ1) is 6.02. The van der Waals surface area contributed by atoms with E-state index in [-0.39, 0.29) is 5.54 Å². The Morgan fingerprint density at radius 1 is 1.31 bits per heavy atom. The third-order valence-electron chi connectivity index (χ3n) is 3.19. The molecular weight excluding hydrogens is 160 g/mol. The molecule has 0 aromatic heterocycles. The summed E-state index contributed by atoms with van der Waals surface area (Å²) in [5, 5.41) is 3.54. The topological polar surface area (TPSA) is 15.3 Å². The fraction of sp³-hybridized carbons (Fsp3) is 1.00. The summed E-state index contributed by atoms with van der Waals surface area (Å²) in [6.45, 7) is 6.84. The standard InChI is InChI=1S/C11H24N2/c1-11(2,13(3)4)9-12-8-7-10-5-6-10/h10,12H,5-9H2,1-4H3. The second-order valence-corrected chi connectivity index (χ2v) is 5.12. The first-order valence-corrected chi connectivity index (χ1v) is 5.40. The van der Waals surface area contributed by atoms with Crippen LogP contribution in [-0.2, 0) is 0 Å². The van der Waals surface area contributed by atoms with Crippen LogP contribution in [0.5, 0.6) is 0 Å². The molecule has 0 amide bonds. The number of nitrogens with zero attached hydrogens (tertiary/aromatic N) is 1. The summed E-state index contributed by atoms with van der Waals surface area (Å²) in [6, 6.07) is 0. The zero-order valence-electron chi connectivity index (χ0n) is 9.56. The minimum Gasteiger partial charge on any atom is -0.315 e. The maximum absolute atomic E-state index is 3.54. The molecule has 0 heterocycles. The highest BCUT2D eigenvalue weighted by Crippen LogP contribution is 2.31. The SMILES string of the molecule is CN(C)C(C)(C)CNCCC1CC1. The van der Waals surface area contributed by atoms with Gasteiger partial charge in [0.2, 0.25) is 0 Å². The van der Waals surface area contributed by atoms with Gasteiger partial charge in [0, 0.05) is 12.1 Å². The van der Waals surface area contributed by atoms with Crippen LogP contribution in [0.15, 0.2) is 0 Å². The Bertz CT molecular complexity index is 148. The van der Waals surface area contributed by atoms with Crippen LogP contribution in [0.3, 0.4) is 0 Å². The summed E-state index contributed by atoms with van der Waals surface area (Å²) in [5.41, 5.74) is 0.281. The number of rotatable bonds is 6. The Hall–Kier alpha value is -0.0800. The first-order valence-electron chi connectivity index (χ1n) is 5.40. The van der Waals surface area contributed by atoms with Crippen LogP contribution in [0, 0.1) is 5.92 Å². The van der Waals surface area contributed by atoms with E-state index in [9.17, 15) is 0 Å². The molecule has 0 bridgehead atoms. The number of nitrogens with one attached hydrogen (secondary N) is 1. The molecule has 0 spiro atoms. The molecular formula is C11H24N2. The van der Waals surface area contributed by atoms with E-state index in [1.165, 1.54) is 25.8 Å². The van der Waals surface area contributed by atoms with Gasteiger partial charge >= 0.3 is 0 Å². The molecule has 1 rings (SSSR count). The Kier molecular flexibility index (Phi) is 3.74. The van der Waals surface area contributed by atoms with Crippen molar-refractivity contribution in [3.8, 4) is 0 Å². The van der Waals surface area contributed by atoms with Gasteiger partial charge in [-0.2, -0.15) is 0 Å². The Morgan fingerprint density at radius 3 is 2.38 bits per heavy atom. The fourth-order valence-electron chi connectivity index (χ4n) is 1.27. The van der Waals surface area contributed by atoms with E-state index in [1.807, 2.05) is 0 Å². The van der Waals surface area contributed by atoms with E-state index >= 15 is 0 Å². The highest BCUT2D eigenvalue weighted by atomic mass is 15.2. The molecule has 0 radical (unpaired) electrons. The Labute approximate surface area is 82.7 Å². The second-order valence-electron chi connectivity index (χ2n) is 5.12. The molecule has 0 aromatic carbocycles. The Balaban J connectivity index is 2.02. The molecule has 2 nitrogen and oxygen atoms in total. The lowest BCUT2D eigenvalue weighted by atomic mass is 10.0. The molecule has 1 fully saturated rings. The summed E-state index contributed by atoms with van der Waals surface area (Å²) in [6.07, 6.45) is 4.32. The van der Waals surface area contributed by atoms with E-state index in [1.54, 1.807) is 0 Å². The van der Waals surface area contributed by atoms with Crippen molar-refractivity contribution in [3.05, 3.63) is 0 Å². The highest BCUT2D eigenvalue weighted by molar-refractivity contribution is 4.80. The molecule has 0 unspecified atom stereocenters. The highest BCUT2D eigenvalue weighted by Gasteiger charge is 2.22. The number of hydrogen-bond acceptors (Lipinski definition) is 2. The first kappa shape index (κ1) is 11.0. The zero-order valence-corrected chi connectivity index (χ0v) is 9.56. The third-order valence-corrected chi connectivity index (χ3v) is 3.19. The van der Waals surface area contributed by atoms with Crippen molar-refractivity contribution in [2.75, 3.05) is 27.2 Å². The van der Waals surface area contributed by atoms with Gasteiger partial charge in [0.15, 0.2) is 0 Å². The van der Waals surface area contributed by atoms with E-state index < -0.39 is 0 Å². The van der Waals surface area contributed by atoms with Crippen molar-refractivity contribution in [1.29, 1.82) is 0 Å². The van der Waals surface area contributed by atoms with Gasteiger partial charge in [0.25, 0.3) is 0 Å². The normalized spacial score (nSPS) is 18.2. The summed E-state index contributed by atoms with van der Waals surface area (Å²) in [4.78, 5) is 2.27. The van der Waals surface area contributed by atoms with Crippen LogP contribution in [0.4, 0.5) is 0 Å². The van der Waals surface area contributed by atoms with Gasteiger partial charge in [-0.3, -0.25) is 0 Å². The second kappa shape index (κ2) is 4.43. The molecule has 0 aromatic rings.